The Labute approximate surface area is 186 Å². The average Bonchev–Trinajstić information content (AvgIpc) is 3.28. The molecule has 2 aliphatic heterocycles. The maximum atomic E-state index is 12.9. The lowest BCUT2D eigenvalue weighted by molar-refractivity contribution is -0.129. The van der Waals surface area contributed by atoms with Crippen molar-refractivity contribution in [3.8, 4) is 11.5 Å². The molecule has 11 heteroatoms. The molecule has 9 nitrogen and oxygen atoms in total. The van der Waals surface area contributed by atoms with Gasteiger partial charge in [0.2, 0.25) is 21.8 Å². The Morgan fingerprint density at radius 2 is 1.90 bits per heavy atom. The summed E-state index contributed by atoms with van der Waals surface area (Å²) in [6, 6.07) is 6.46. The summed E-state index contributed by atoms with van der Waals surface area (Å²) in [4.78, 5) is 14.4. The van der Waals surface area contributed by atoms with Gasteiger partial charge in [0.15, 0.2) is 0 Å². The van der Waals surface area contributed by atoms with Crippen molar-refractivity contribution in [3.63, 3.8) is 0 Å². The van der Waals surface area contributed by atoms with Crippen molar-refractivity contribution < 1.29 is 22.4 Å². The molecule has 0 radical (unpaired) electrons. The molecule has 0 unspecified atom stereocenters. The van der Waals surface area contributed by atoms with E-state index in [4.69, 9.17) is 9.15 Å². The van der Waals surface area contributed by atoms with Gasteiger partial charge in [-0.3, -0.25) is 4.79 Å². The first-order chi connectivity index (χ1) is 14.9. The second-order valence-electron chi connectivity index (χ2n) is 7.77. The van der Waals surface area contributed by atoms with Crippen LogP contribution in [0.2, 0.25) is 0 Å². The van der Waals surface area contributed by atoms with E-state index in [0.717, 1.165) is 25.9 Å². The van der Waals surface area contributed by atoms with Crippen molar-refractivity contribution in [2.75, 3.05) is 45.1 Å². The van der Waals surface area contributed by atoms with Crippen LogP contribution < -0.4 is 0 Å². The predicted molar refractivity (Wildman–Crippen MR) is 115 cm³/mol. The number of rotatable bonds is 6. The van der Waals surface area contributed by atoms with Crippen LogP contribution in [-0.4, -0.2) is 78.9 Å². The van der Waals surface area contributed by atoms with Crippen LogP contribution in [0.4, 0.5) is 0 Å². The van der Waals surface area contributed by atoms with E-state index in [2.05, 4.69) is 17.1 Å². The highest BCUT2D eigenvalue weighted by Crippen LogP contribution is 2.27. The number of piperidine rings is 1. The van der Waals surface area contributed by atoms with E-state index in [1.54, 1.807) is 18.2 Å². The number of morpholine rings is 1. The average molecular weight is 467 g/mol. The smallest absolute Gasteiger partial charge is 0.277 e. The minimum atomic E-state index is -3.62. The molecule has 0 aliphatic carbocycles. The van der Waals surface area contributed by atoms with Crippen molar-refractivity contribution in [3.05, 3.63) is 24.3 Å². The number of thioether (sulfide) groups is 1. The molecule has 1 aromatic carbocycles. The number of benzene rings is 1. The molecule has 31 heavy (non-hydrogen) atoms. The Balaban J connectivity index is 1.41. The molecule has 1 aromatic heterocycles. The van der Waals surface area contributed by atoms with Crippen LogP contribution in [0.3, 0.4) is 0 Å². The molecule has 3 heterocycles. The number of aromatic nitrogens is 2. The minimum Gasteiger partial charge on any atom is -0.411 e. The first kappa shape index (κ1) is 22.3. The summed E-state index contributed by atoms with van der Waals surface area (Å²) < 4.78 is 38.1. The largest absolute Gasteiger partial charge is 0.411 e. The molecule has 4 rings (SSSR count). The number of likely N-dealkylation sites (tertiary alicyclic amines) is 1. The first-order valence-corrected chi connectivity index (χ1v) is 12.8. The fourth-order valence-electron chi connectivity index (χ4n) is 3.58. The molecule has 0 atom stereocenters. The first-order valence-electron chi connectivity index (χ1n) is 10.4. The molecular weight excluding hydrogens is 440 g/mol. The van der Waals surface area contributed by atoms with E-state index in [1.807, 2.05) is 4.90 Å². The number of amides is 1. The number of nitrogens with zero attached hydrogens (tertiary/aromatic N) is 4. The summed E-state index contributed by atoms with van der Waals surface area (Å²) in [6.45, 7) is 5.23. The van der Waals surface area contributed by atoms with Crippen molar-refractivity contribution in [1.29, 1.82) is 0 Å². The Morgan fingerprint density at radius 1 is 1.16 bits per heavy atom. The number of ether oxygens (including phenoxy) is 1. The topological polar surface area (TPSA) is 106 Å². The Kier molecular flexibility index (Phi) is 6.95. The molecule has 2 aliphatic rings. The van der Waals surface area contributed by atoms with Gasteiger partial charge in [-0.05, 0) is 37.0 Å². The van der Waals surface area contributed by atoms with E-state index in [1.165, 1.54) is 22.1 Å². The second kappa shape index (κ2) is 9.68. The Bertz CT molecular complexity index is 1010. The lowest BCUT2D eigenvalue weighted by Crippen LogP contribution is -2.40. The fourth-order valence-corrected chi connectivity index (χ4v) is 5.70. The molecule has 0 N–H and O–H groups in total. The van der Waals surface area contributed by atoms with Crippen LogP contribution >= 0.6 is 11.8 Å². The van der Waals surface area contributed by atoms with Gasteiger partial charge in [-0.15, -0.1) is 10.2 Å². The third-order valence-electron chi connectivity index (χ3n) is 5.55. The molecule has 0 bridgehead atoms. The molecule has 0 saturated carbocycles. The van der Waals surface area contributed by atoms with Gasteiger partial charge >= 0.3 is 0 Å². The standard InChI is InChI=1S/C20H26N4O5S2/c1-15-5-7-23(8-6-15)18(25)14-30-20-22-21-19(29-20)16-3-2-4-17(13-16)31(26,27)24-9-11-28-12-10-24/h2-4,13,15H,5-12,14H2,1H3. The van der Waals surface area contributed by atoms with Gasteiger partial charge in [0.1, 0.15) is 0 Å². The zero-order chi connectivity index (χ0) is 21.8. The minimum absolute atomic E-state index is 0.0650. The summed E-state index contributed by atoms with van der Waals surface area (Å²) in [5, 5.41) is 8.32. The van der Waals surface area contributed by atoms with Crippen LogP contribution in [0.5, 0.6) is 0 Å². The monoisotopic (exact) mass is 466 g/mol. The predicted octanol–water partition coefficient (Wildman–Crippen LogP) is 2.11. The Morgan fingerprint density at radius 3 is 2.65 bits per heavy atom. The number of carbonyl (C=O) groups excluding carboxylic acids is 1. The van der Waals surface area contributed by atoms with E-state index < -0.39 is 10.0 Å². The highest BCUT2D eigenvalue weighted by molar-refractivity contribution is 7.99. The zero-order valence-electron chi connectivity index (χ0n) is 17.4. The highest BCUT2D eigenvalue weighted by Gasteiger charge is 2.27. The number of carbonyl (C=O) groups is 1. The normalized spacial score (nSPS) is 18.9. The molecule has 1 amide bonds. The number of hydrogen-bond acceptors (Lipinski definition) is 8. The molecule has 168 valence electrons. The van der Waals surface area contributed by atoms with E-state index in [9.17, 15) is 13.2 Å². The van der Waals surface area contributed by atoms with Gasteiger partial charge < -0.3 is 14.1 Å². The maximum Gasteiger partial charge on any atom is 0.277 e. The van der Waals surface area contributed by atoms with Gasteiger partial charge in [-0.25, -0.2) is 8.42 Å². The van der Waals surface area contributed by atoms with Crippen LogP contribution in [0.25, 0.3) is 11.5 Å². The lowest BCUT2D eigenvalue weighted by Gasteiger charge is -2.30. The van der Waals surface area contributed by atoms with Gasteiger partial charge in [0.05, 0.1) is 23.9 Å². The molecular formula is C20H26N4O5S2. The summed E-state index contributed by atoms with van der Waals surface area (Å²) >= 11 is 1.20. The molecule has 2 aromatic rings. The second-order valence-corrected chi connectivity index (χ2v) is 10.6. The van der Waals surface area contributed by atoms with Crippen molar-refractivity contribution >= 4 is 27.7 Å². The number of hydrogen-bond donors (Lipinski definition) is 0. The van der Waals surface area contributed by atoms with Gasteiger partial charge in [0, 0.05) is 31.7 Å². The maximum absolute atomic E-state index is 12.9. The van der Waals surface area contributed by atoms with Crippen molar-refractivity contribution in [1.82, 2.24) is 19.4 Å². The van der Waals surface area contributed by atoms with Crippen LogP contribution in [0.1, 0.15) is 19.8 Å². The summed E-state index contributed by atoms with van der Waals surface area (Å²) in [6.07, 6.45) is 2.07. The van der Waals surface area contributed by atoms with E-state index >= 15 is 0 Å². The highest BCUT2D eigenvalue weighted by atomic mass is 32.2. The third-order valence-corrected chi connectivity index (χ3v) is 8.25. The number of sulfonamides is 1. The van der Waals surface area contributed by atoms with Gasteiger partial charge in [-0.2, -0.15) is 4.31 Å². The van der Waals surface area contributed by atoms with Crippen molar-refractivity contribution in [2.45, 2.75) is 29.9 Å². The molecule has 2 fully saturated rings. The van der Waals surface area contributed by atoms with E-state index in [0.29, 0.717) is 37.8 Å². The van der Waals surface area contributed by atoms with Gasteiger partial charge in [-0.1, -0.05) is 24.8 Å². The summed E-state index contributed by atoms with van der Waals surface area (Å²) in [7, 11) is -3.62. The van der Waals surface area contributed by atoms with Gasteiger partial charge in [0.25, 0.3) is 5.22 Å². The zero-order valence-corrected chi connectivity index (χ0v) is 19.0. The third kappa shape index (κ3) is 5.28. The quantitative estimate of drug-likeness (QED) is 0.596. The Hall–Kier alpha value is -1.95. The molecule has 2 saturated heterocycles. The summed E-state index contributed by atoms with van der Waals surface area (Å²) in [5.41, 5.74) is 0.519. The van der Waals surface area contributed by atoms with Crippen LogP contribution in [0, 0.1) is 5.92 Å². The van der Waals surface area contributed by atoms with E-state index in [-0.39, 0.29) is 27.7 Å². The SMILES string of the molecule is CC1CCN(C(=O)CSc2nnc(-c3cccc(S(=O)(=O)N4CCOCC4)c3)o2)CC1. The lowest BCUT2D eigenvalue weighted by atomic mass is 9.99. The van der Waals surface area contributed by atoms with Crippen LogP contribution in [-0.2, 0) is 19.6 Å². The molecule has 0 spiro atoms. The fraction of sp³-hybridized carbons (Fsp3) is 0.550. The summed E-state index contributed by atoms with van der Waals surface area (Å²) in [5.74, 6) is 1.19. The van der Waals surface area contributed by atoms with Crippen LogP contribution in [0.15, 0.2) is 38.8 Å². The van der Waals surface area contributed by atoms with Crippen molar-refractivity contribution in [2.24, 2.45) is 5.92 Å².